The number of carbonyl (C=O) groups is 2. The molecule has 0 saturated carbocycles. The molecule has 0 aliphatic rings. The zero-order chi connectivity index (χ0) is 32.6. The molecule has 0 heterocycles. The van der Waals surface area contributed by atoms with Gasteiger partial charge in [0, 0.05) is 35.1 Å². The number of sulfonamides is 1. The first kappa shape index (κ1) is 34.3. The summed E-state index contributed by atoms with van der Waals surface area (Å²) in [5.41, 5.74) is 1.36. The number of nitrogens with zero attached hydrogens (tertiary/aromatic N) is 2. The van der Waals surface area contributed by atoms with Crippen LogP contribution in [0.2, 0.25) is 15.1 Å². The van der Waals surface area contributed by atoms with Crippen LogP contribution in [-0.4, -0.2) is 44.3 Å². The highest BCUT2D eigenvalue weighted by Crippen LogP contribution is 2.32. The molecule has 11 heteroatoms. The Morgan fingerprint density at radius 2 is 1.31 bits per heavy atom. The molecule has 236 valence electrons. The van der Waals surface area contributed by atoms with Crippen molar-refractivity contribution in [3.63, 3.8) is 0 Å². The molecule has 7 nitrogen and oxygen atoms in total. The van der Waals surface area contributed by atoms with Gasteiger partial charge in [-0.05, 0) is 47.9 Å². The van der Waals surface area contributed by atoms with Gasteiger partial charge in [0.2, 0.25) is 11.8 Å². The van der Waals surface area contributed by atoms with Crippen molar-refractivity contribution in [2.45, 2.75) is 37.8 Å². The topological polar surface area (TPSA) is 86.8 Å². The van der Waals surface area contributed by atoms with E-state index in [4.69, 9.17) is 34.8 Å². The molecular weight excluding hydrogens is 653 g/mol. The van der Waals surface area contributed by atoms with Gasteiger partial charge in [-0.3, -0.25) is 13.9 Å². The minimum Gasteiger partial charge on any atom is -0.354 e. The molecule has 0 bridgehead atoms. The summed E-state index contributed by atoms with van der Waals surface area (Å²) < 4.78 is 29.1. The van der Waals surface area contributed by atoms with E-state index in [2.05, 4.69) is 5.32 Å². The van der Waals surface area contributed by atoms with Gasteiger partial charge in [-0.2, -0.15) is 0 Å². The Morgan fingerprint density at radius 3 is 1.91 bits per heavy atom. The van der Waals surface area contributed by atoms with E-state index < -0.39 is 28.5 Å². The predicted octanol–water partition coefficient (Wildman–Crippen LogP) is 7.25. The van der Waals surface area contributed by atoms with Gasteiger partial charge in [0.05, 0.1) is 15.6 Å². The van der Waals surface area contributed by atoms with E-state index in [1.165, 1.54) is 23.1 Å². The minimum absolute atomic E-state index is 0.0195. The van der Waals surface area contributed by atoms with Crippen LogP contribution >= 0.6 is 34.8 Å². The van der Waals surface area contributed by atoms with Crippen LogP contribution in [0.4, 0.5) is 5.69 Å². The highest BCUT2D eigenvalue weighted by atomic mass is 35.5. The van der Waals surface area contributed by atoms with Gasteiger partial charge < -0.3 is 10.2 Å². The van der Waals surface area contributed by atoms with E-state index in [0.29, 0.717) is 22.2 Å². The van der Waals surface area contributed by atoms with Crippen molar-refractivity contribution in [1.29, 1.82) is 0 Å². The second-order valence-electron chi connectivity index (χ2n) is 10.8. The van der Waals surface area contributed by atoms with Crippen molar-refractivity contribution in [3.8, 4) is 0 Å². The number of para-hydroxylation sites is 1. The number of nitrogens with one attached hydrogen (secondary N) is 1. The van der Waals surface area contributed by atoms with Gasteiger partial charge in [0.25, 0.3) is 10.0 Å². The number of benzene rings is 4. The van der Waals surface area contributed by atoms with Crippen LogP contribution in [0, 0.1) is 5.92 Å². The Morgan fingerprint density at radius 1 is 0.756 bits per heavy atom. The number of amides is 2. The maximum Gasteiger partial charge on any atom is 0.264 e. The van der Waals surface area contributed by atoms with E-state index in [1.54, 1.807) is 54.6 Å². The molecule has 0 saturated heterocycles. The fraction of sp³-hybridized carbons (Fsp3) is 0.235. The zero-order valence-electron chi connectivity index (χ0n) is 24.9. The summed E-state index contributed by atoms with van der Waals surface area (Å²) in [5, 5.41) is 3.70. The lowest BCUT2D eigenvalue weighted by Crippen LogP contribution is -2.53. The lowest BCUT2D eigenvalue weighted by molar-refractivity contribution is -0.140. The van der Waals surface area contributed by atoms with E-state index in [-0.39, 0.29) is 40.4 Å². The normalized spacial score (nSPS) is 12.0. The fourth-order valence-electron chi connectivity index (χ4n) is 4.72. The third-order valence-electron chi connectivity index (χ3n) is 7.08. The molecule has 2 amide bonds. The van der Waals surface area contributed by atoms with Gasteiger partial charge >= 0.3 is 0 Å². The smallest absolute Gasteiger partial charge is 0.264 e. The molecule has 0 fully saturated rings. The van der Waals surface area contributed by atoms with Crippen LogP contribution in [0.15, 0.2) is 108 Å². The van der Waals surface area contributed by atoms with Crippen LogP contribution in [0.1, 0.15) is 25.0 Å². The maximum atomic E-state index is 14.5. The first-order chi connectivity index (χ1) is 21.5. The summed E-state index contributed by atoms with van der Waals surface area (Å²) in [6.07, 6.45) is 0.163. The van der Waals surface area contributed by atoms with Crippen molar-refractivity contribution in [3.05, 3.63) is 129 Å². The lowest BCUT2D eigenvalue weighted by Gasteiger charge is -2.34. The standard InChI is InChI=1S/C34H34Cl3N3O4S/c1-24(2)21-38-34(42)32(20-25-12-5-3-6-13-25)39(22-27-28(35)17-11-18-29(27)36)33(41)23-40(31-19-10-9-16-30(31)37)45(43,44)26-14-7-4-8-15-26/h3-19,24,32H,20-23H2,1-2H3,(H,38,42)/t32-/m1/s1. The second-order valence-corrected chi connectivity index (χ2v) is 13.9. The molecule has 0 aliphatic carbocycles. The van der Waals surface area contributed by atoms with Gasteiger partial charge in [0.15, 0.2) is 0 Å². The highest BCUT2D eigenvalue weighted by molar-refractivity contribution is 7.92. The Balaban J connectivity index is 1.84. The average Bonchev–Trinajstić information content (AvgIpc) is 3.02. The van der Waals surface area contributed by atoms with Crippen LogP contribution in [0.25, 0.3) is 0 Å². The van der Waals surface area contributed by atoms with E-state index in [9.17, 15) is 18.0 Å². The maximum absolute atomic E-state index is 14.5. The van der Waals surface area contributed by atoms with Crippen LogP contribution in [-0.2, 0) is 32.6 Å². The van der Waals surface area contributed by atoms with Gasteiger partial charge in [-0.1, -0.05) is 115 Å². The Hall–Kier alpha value is -3.56. The van der Waals surface area contributed by atoms with Crippen molar-refractivity contribution in [1.82, 2.24) is 10.2 Å². The Bertz CT molecular complexity index is 1700. The highest BCUT2D eigenvalue weighted by Gasteiger charge is 2.35. The van der Waals surface area contributed by atoms with E-state index in [0.717, 1.165) is 9.87 Å². The molecule has 4 rings (SSSR count). The predicted molar refractivity (Wildman–Crippen MR) is 181 cm³/mol. The van der Waals surface area contributed by atoms with Gasteiger partial charge in [-0.15, -0.1) is 0 Å². The molecule has 1 N–H and O–H groups in total. The average molecular weight is 687 g/mol. The number of halogens is 3. The monoisotopic (exact) mass is 685 g/mol. The summed E-state index contributed by atoms with van der Waals surface area (Å²) in [6.45, 7) is 3.52. The summed E-state index contributed by atoms with van der Waals surface area (Å²) in [6, 6.07) is 27.4. The molecule has 0 aromatic heterocycles. The molecule has 0 aliphatic heterocycles. The number of anilines is 1. The summed E-state index contributed by atoms with van der Waals surface area (Å²) in [7, 11) is -4.27. The number of carbonyl (C=O) groups excluding carboxylic acids is 2. The second kappa shape index (κ2) is 15.6. The molecule has 0 radical (unpaired) electrons. The molecule has 1 atom stereocenters. The molecule has 0 unspecified atom stereocenters. The van der Waals surface area contributed by atoms with E-state index in [1.807, 2.05) is 44.2 Å². The first-order valence-electron chi connectivity index (χ1n) is 14.3. The quantitative estimate of drug-likeness (QED) is 0.161. The minimum atomic E-state index is -4.27. The molecular formula is C34H34Cl3N3O4S. The largest absolute Gasteiger partial charge is 0.354 e. The lowest BCUT2D eigenvalue weighted by atomic mass is 10.0. The molecule has 4 aromatic carbocycles. The third-order valence-corrected chi connectivity index (χ3v) is 9.88. The van der Waals surface area contributed by atoms with Crippen LogP contribution in [0.3, 0.4) is 0 Å². The summed E-state index contributed by atoms with van der Waals surface area (Å²) in [5.74, 6) is -0.884. The SMILES string of the molecule is CC(C)CNC(=O)[C@@H](Cc1ccccc1)N(Cc1c(Cl)cccc1Cl)C(=O)CN(c1ccccc1Cl)S(=O)(=O)c1ccccc1. The Labute approximate surface area is 279 Å². The third kappa shape index (κ3) is 8.79. The fourth-order valence-corrected chi connectivity index (χ4v) is 6.98. The van der Waals surface area contributed by atoms with Crippen molar-refractivity contribution < 1.29 is 18.0 Å². The first-order valence-corrected chi connectivity index (χ1v) is 16.9. The van der Waals surface area contributed by atoms with Crippen LogP contribution in [0.5, 0.6) is 0 Å². The van der Waals surface area contributed by atoms with Gasteiger partial charge in [-0.25, -0.2) is 8.42 Å². The van der Waals surface area contributed by atoms with Crippen LogP contribution < -0.4 is 9.62 Å². The van der Waals surface area contributed by atoms with Crippen molar-refractivity contribution in [2.24, 2.45) is 5.92 Å². The Kier molecular flexibility index (Phi) is 11.9. The summed E-state index contributed by atoms with van der Waals surface area (Å²) >= 11 is 19.6. The zero-order valence-corrected chi connectivity index (χ0v) is 28.0. The molecule has 4 aromatic rings. The summed E-state index contributed by atoms with van der Waals surface area (Å²) in [4.78, 5) is 29.7. The van der Waals surface area contributed by atoms with Crippen molar-refractivity contribution in [2.75, 3.05) is 17.4 Å². The number of hydrogen-bond acceptors (Lipinski definition) is 4. The van der Waals surface area contributed by atoms with E-state index >= 15 is 0 Å². The number of hydrogen-bond donors (Lipinski definition) is 1. The molecule has 45 heavy (non-hydrogen) atoms. The molecule has 0 spiro atoms. The van der Waals surface area contributed by atoms with Gasteiger partial charge in [0.1, 0.15) is 12.6 Å². The number of rotatable bonds is 13. The van der Waals surface area contributed by atoms with Crippen molar-refractivity contribution >= 4 is 62.3 Å².